The Morgan fingerprint density at radius 3 is 2.59 bits per heavy atom. The highest BCUT2D eigenvalue weighted by Gasteiger charge is 2.10. The summed E-state index contributed by atoms with van der Waals surface area (Å²) in [6, 6.07) is 6.22. The molecule has 0 aliphatic carbocycles. The Hall–Kier alpha value is -2.34. The van der Waals surface area contributed by atoms with E-state index in [-0.39, 0.29) is 6.04 Å². The van der Waals surface area contributed by atoms with Crippen LogP contribution in [0.4, 0.5) is 4.79 Å². The van der Waals surface area contributed by atoms with Crippen molar-refractivity contribution in [3.63, 3.8) is 0 Å². The lowest BCUT2D eigenvalue weighted by Crippen LogP contribution is -2.43. The van der Waals surface area contributed by atoms with Crippen molar-refractivity contribution in [1.82, 2.24) is 10.6 Å². The Kier molecular flexibility index (Phi) is 7.12. The van der Waals surface area contributed by atoms with Gasteiger partial charge in [0.05, 0.1) is 0 Å². The molecule has 7 heteroatoms. The molecular weight excluding hydrogens is 308 g/mol. The van der Waals surface area contributed by atoms with Crippen LogP contribution in [0.2, 0.25) is 5.02 Å². The Morgan fingerprint density at radius 1 is 1.27 bits per heavy atom. The first kappa shape index (κ1) is 17.7. The van der Waals surface area contributed by atoms with Crippen molar-refractivity contribution in [2.75, 3.05) is 6.61 Å². The van der Waals surface area contributed by atoms with Gasteiger partial charge >= 0.3 is 12.0 Å². The number of carbonyl (C=O) groups is 3. The van der Waals surface area contributed by atoms with Gasteiger partial charge in [-0.15, -0.1) is 0 Å². The number of halogens is 1. The zero-order chi connectivity index (χ0) is 16.5. The lowest BCUT2D eigenvalue weighted by molar-refractivity contribution is -0.143. The molecule has 0 spiro atoms. The van der Waals surface area contributed by atoms with Gasteiger partial charge < -0.3 is 10.1 Å². The fraction of sp³-hybridized carbons (Fsp3) is 0.267. The standard InChI is InChI=1S/C15H17ClN2O4/c1-10(2)17-15(21)18-13(19)9-22-14(20)8-7-11-5-3-4-6-12(11)16/h3-8,10H,9H2,1-2H3,(H2,17,18,19,21)/b8-7+. The molecule has 1 aromatic rings. The highest BCUT2D eigenvalue weighted by molar-refractivity contribution is 6.32. The molecule has 0 radical (unpaired) electrons. The Labute approximate surface area is 133 Å². The van der Waals surface area contributed by atoms with Crippen LogP contribution >= 0.6 is 11.6 Å². The van der Waals surface area contributed by atoms with Gasteiger partial charge in [0.15, 0.2) is 6.61 Å². The topological polar surface area (TPSA) is 84.5 Å². The summed E-state index contributed by atoms with van der Waals surface area (Å²) >= 11 is 5.92. The fourth-order valence-electron chi connectivity index (χ4n) is 1.41. The number of hydrogen-bond donors (Lipinski definition) is 2. The molecule has 1 aromatic carbocycles. The molecule has 0 fully saturated rings. The van der Waals surface area contributed by atoms with Gasteiger partial charge in [-0.05, 0) is 31.6 Å². The number of hydrogen-bond acceptors (Lipinski definition) is 4. The lowest BCUT2D eigenvalue weighted by Gasteiger charge is -2.08. The number of urea groups is 1. The third-order valence-corrected chi connectivity index (χ3v) is 2.67. The molecule has 0 aliphatic rings. The van der Waals surface area contributed by atoms with Crippen LogP contribution in [0.5, 0.6) is 0 Å². The van der Waals surface area contributed by atoms with E-state index in [0.29, 0.717) is 10.6 Å². The largest absolute Gasteiger partial charge is 0.452 e. The number of rotatable bonds is 5. The van der Waals surface area contributed by atoms with Crippen LogP contribution in [0.1, 0.15) is 19.4 Å². The average molecular weight is 325 g/mol. The third-order valence-electron chi connectivity index (χ3n) is 2.32. The Morgan fingerprint density at radius 2 is 1.95 bits per heavy atom. The Bertz CT molecular complexity index is 585. The number of imide groups is 1. The second-order valence-corrected chi connectivity index (χ2v) is 5.05. The summed E-state index contributed by atoms with van der Waals surface area (Å²) in [5.41, 5.74) is 0.655. The van der Waals surface area contributed by atoms with Crippen molar-refractivity contribution in [2.24, 2.45) is 0 Å². The van der Waals surface area contributed by atoms with Gasteiger partial charge in [0.1, 0.15) is 0 Å². The van der Waals surface area contributed by atoms with E-state index in [1.165, 1.54) is 6.08 Å². The van der Waals surface area contributed by atoms with Crippen LogP contribution in [-0.4, -0.2) is 30.6 Å². The van der Waals surface area contributed by atoms with Crippen molar-refractivity contribution < 1.29 is 19.1 Å². The van der Waals surface area contributed by atoms with Gasteiger partial charge in [0.2, 0.25) is 0 Å². The smallest absolute Gasteiger partial charge is 0.331 e. The minimum absolute atomic E-state index is 0.103. The summed E-state index contributed by atoms with van der Waals surface area (Å²) in [6.45, 7) is 2.96. The predicted molar refractivity (Wildman–Crippen MR) is 83.3 cm³/mol. The highest BCUT2D eigenvalue weighted by Crippen LogP contribution is 2.16. The van der Waals surface area contributed by atoms with Gasteiger partial charge in [0, 0.05) is 17.1 Å². The van der Waals surface area contributed by atoms with Gasteiger partial charge in [-0.3, -0.25) is 10.1 Å². The van der Waals surface area contributed by atoms with Gasteiger partial charge in [-0.2, -0.15) is 0 Å². The quantitative estimate of drug-likeness (QED) is 0.642. The number of benzene rings is 1. The number of esters is 1. The molecule has 0 saturated heterocycles. The second kappa shape index (κ2) is 8.84. The number of nitrogens with one attached hydrogen (secondary N) is 2. The van der Waals surface area contributed by atoms with E-state index in [0.717, 1.165) is 6.08 Å². The first-order valence-electron chi connectivity index (χ1n) is 6.58. The molecular formula is C15H17ClN2O4. The maximum atomic E-state index is 11.5. The summed E-state index contributed by atoms with van der Waals surface area (Å²) in [6.07, 6.45) is 2.64. The molecule has 0 bridgehead atoms. The first-order valence-corrected chi connectivity index (χ1v) is 6.96. The number of amides is 3. The van der Waals surface area contributed by atoms with Crippen molar-refractivity contribution in [3.8, 4) is 0 Å². The second-order valence-electron chi connectivity index (χ2n) is 4.64. The first-order chi connectivity index (χ1) is 10.4. The average Bonchev–Trinajstić information content (AvgIpc) is 2.43. The maximum Gasteiger partial charge on any atom is 0.331 e. The zero-order valence-electron chi connectivity index (χ0n) is 12.3. The third kappa shape index (κ3) is 6.90. The summed E-state index contributed by atoms with van der Waals surface area (Å²) in [5.74, 6) is -1.42. The van der Waals surface area contributed by atoms with E-state index in [1.807, 2.05) is 5.32 Å². The van der Waals surface area contributed by atoms with Crippen LogP contribution in [0.25, 0.3) is 6.08 Å². The molecule has 0 aliphatic heterocycles. The minimum Gasteiger partial charge on any atom is -0.452 e. The SMILES string of the molecule is CC(C)NC(=O)NC(=O)COC(=O)/C=C/c1ccccc1Cl. The van der Waals surface area contributed by atoms with Crippen LogP contribution in [-0.2, 0) is 14.3 Å². The zero-order valence-corrected chi connectivity index (χ0v) is 13.0. The molecule has 0 heterocycles. The van der Waals surface area contributed by atoms with E-state index in [9.17, 15) is 14.4 Å². The van der Waals surface area contributed by atoms with Crippen molar-refractivity contribution in [3.05, 3.63) is 40.9 Å². The summed E-state index contributed by atoms with van der Waals surface area (Å²) in [4.78, 5) is 34.1. The number of carbonyl (C=O) groups excluding carboxylic acids is 3. The maximum absolute atomic E-state index is 11.5. The van der Waals surface area contributed by atoms with Crippen LogP contribution in [0.15, 0.2) is 30.3 Å². The molecule has 0 aromatic heterocycles. The van der Waals surface area contributed by atoms with E-state index < -0.39 is 24.5 Å². The molecule has 22 heavy (non-hydrogen) atoms. The Balaban J connectivity index is 2.38. The molecule has 6 nitrogen and oxygen atoms in total. The molecule has 3 amide bonds. The van der Waals surface area contributed by atoms with Crippen molar-refractivity contribution in [2.45, 2.75) is 19.9 Å². The molecule has 0 unspecified atom stereocenters. The van der Waals surface area contributed by atoms with Crippen LogP contribution in [0, 0.1) is 0 Å². The monoisotopic (exact) mass is 324 g/mol. The normalized spacial score (nSPS) is 10.5. The van der Waals surface area contributed by atoms with Gasteiger partial charge in [0.25, 0.3) is 5.91 Å². The summed E-state index contributed by atoms with van der Waals surface area (Å²) in [5, 5.41) is 5.01. The number of ether oxygens (including phenoxy) is 1. The molecule has 0 atom stereocenters. The van der Waals surface area contributed by atoms with E-state index in [4.69, 9.17) is 16.3 Å². The minimum atomic E-state index is -0.711. The highest BCUT2D eigenvalue weighted by atomic mass is 35.5. The summed E-state index contributed by atoms with van der Waals surface area (Å²) in [7, 11) is 0. The molecule has 0 saturated carbocycles. The van der Waals surface area contributed by atoms with Crippen LogP contribution in [0.3, 0.4) is 0 Å². The van der Waals surface area contributed by atoms with E-state index >= 15 is 0 Å². The molecule has 2 N–H and O–H groups in total. The lowest BCUT2D eigenvalue weighted by atomic mass is 10.2. The van der Waals surface area contributed by atoms with E-state index in [2.05, 4.69) is 5.32 Å². The predicted octanol–water partition coefficient (Wildman–Crippen LogP) is 2.13. The van der Waals surface area contributed by atoms with Crippen LogP contribution < -0.4 is 10.6 Å². The van der Waals surface area contributed by atoms with Crippen molar-refractivity contribution in [1.29, 1.82) is 0 Å². The van der Waals surface area contributed by atoms with Crippen molar-refractivity contribution >= 4 is 35.6 Å². The van der Waals surface area contributed by atoms with Gasteiger partial charge in [-0.1, -0.05) is 29.8 Å². The fourth-order valence-corrected chi connectivity index (χ4v) is 1.61. The summed E-state index contributed by atoms with van der Waals surface area (Å²) < 4.78 is 4.71. The van der Waals surface area contributed by atoms with Gasteiger partial charge in [-0.25, -0.2) is 9.59 Å². The molecule has 118 valence electrons. The van der Waals surface area contributed by atoms with E-state index in [1.54, 1.807) is 38.1 Å². The molecule has 1 rings (SSSR count).